The molecule has 1 atom stereocenters. The topological polar surface area (TPSA) is 96.0 Å². The van der Waals surface area contributed by atoms with Gasteiger partial charge in [0.15, 0.2) is 0 Å². The molecule has 0 radical (unpaired) electrons. The zero-order valence-electron chi connectivity index (χ0n) is 18.2. The molecule has 170 valence electrons. The second-order valence-electron chi connectivity index (χ2n) is 8.39. The first-order valence-corrected chi connectivity index (χ1v) is 12.0. The first-order valence-electron chi connectivity index (χ1n) is 10.5. The van der Waals surface area contributed by atoms with Crippen LogP contribution in [0, 0.1) is 0 Å². The van der Waals surface area contributed by atoms with Crippen LogP contribution in [0.1, 0.15) is 25.3 Å². The van der Waals surface area contributed by atoms with Gasteiger partial charge in [-0.05, 0) is 49.6 Å². The fourth-order valence-corrected chi connectivity index (χ4v) is 5.61. The molecule has 0 bridgehead atoms. The number of sulfonamides is 1. The fraction of sp³-hybridized carbons (Fsp3) is 0.391. The number of amides is 2. The van der Waals surface area contributed by atoms with Crippen LogP contribution in [0.4, 0.5) is 0 Å². The molecule has 1 unspecified atom stereocenters. The number of hydrogen-bond donors (Lipinski definition) is 1. The van der Waals surface area contributed by atoms with E-state index in [0.717, 1.165) is 22.7 Å². The molecule has 2 fully saturated rings. The van der Waals surface area contributed by atoms with Gasteiger partial charge in [-0.15, -0.1) is 0 Å². The molecule has 9 heteroatoms. The van der Waals surface area contributed by atoms with Crippen molar-refractivity contribution in [2.24, 2.45) is 0 Å². The number of ether oxygens (including phenoxy) is 1. The summed E-state index contributed by atoms with van der Waals surface area (Å²) in [6.45, 7) is 1.56. The van der Waals surface area contributed by atoms with E-state index in [-0.39, 0.29) is 35.8 Å². The molecule has 1 heterocycles. The van der Waals surface area contributed by atoms with Crippen LogP contribution in [0.15, 0.2) is 59.5 Å². The lowest BCUT2D eigenvalue weighted by Gasteiger charge is -2.47. The molecule has 1 saturated heterocycles. The molecule has 0 aromatic heterocycles. The molecule has 2 aliphatic rings. The van der Waals surface area contributed by atoms with Gasteiger partial charge in [-0.3, -0.25) is 9.59 Å². The smallest absolute Gasteiger partial charge is 0.247 e. The van der Waals surface area contributed by atoms with Gasteiger partial charge in [0.25, 0.3) is 0 Å². The Balaban J connectivity index is 1.60. The number of hydrogen-bond acceptors (Lipinski definition) is 5. The third-order valence-electron chi connectivity index (χ3n) is 5.99. The Kier molecular flexibility index (Phi) is 5.96. The van der Waals surface area contributed by atoms with Crippen LogP contribution in [0.5, 0.6) is 5.75 Å². The lowest BCUT2D eigenvalue weighted by Crippen LogP contribution is -2.70. The summed E-state index contributed by atoms with van der Waals surface area (Å²) in [6.07, 6.45) is 1.64. The highest BCUT2D eigenvalue weighted by Crippen LogP contribution is 2.37. The van der Waals surface area contributed by atoms with Crippen LogP contribution < -0.4 is 10.1 Å². The number of piperazine rings is 1. The summed E-state index contributed by atoms with van der Waals surface area (Å²) in [7, 11) is -2.47. The van der Waals surface area contributed by atoms with E-state index >= 15 is 0 Å². The van der Waals surface area contributed by atoms with E-state index < -0.39 is 15.6 Å². The molecule has 1 aliphatic carbocycles. The first kappa shape index (κ1) is 22.3. The number of carbonyl (C=O) groups excluding carboxylic acids is 2. The molecule has 2 amide bonds. The van der Waals surface area contributed by atoms with Crippen LogP contribution in [0.3, 0.4) is 0 Å². The van der Waals surface area contributed by atoms with E-state index in [2.05, 4.69) is 5.32 Å². The number of carbonyl (C=O) groups is 2. The van der Waals surface area contributed by atoms with E-state index in [0.29, 0.717) is 12.3 Å². The molecular weight excluding hydrogens is 430 g/mol. The van der Waals surface area contributed by atoms with Crippen molar-refractivity contribution < 1.29 is 22.7 Å². The Labute approximate surface area is 188 Å². The number of rotatable bonds is 7. The van der Waals surface area contributed by atoms with Crippen molar-refractivity contribution in [1.29, 1.82) is 0 Å². The van der Waals surface area contributed by atoms with Gasteiger partial charge < -0.3 is 15.0 Å². The van der Waals surface area contributed by atoms with Gasteiger partial charge in [0.1, 0.15) is 11.3 Å². The van der Waals surface area contributed by atoms with Gasteiger partial charge in [-0.1, -0.05) is 30.3 Å². The normalized spacial score (nSPS) is 21.9. The molecule has 0 spiro atoms. The van der Waals surface area contributed by atoms with Crippen LogP contribution in [-0.4, -0.2) is 61.2 Å². The maximum absolute atomic E-state index is 13.3. The molecule has 1 saturated carbocycles. The average Bonchev–Trinajstić information content (AvgIpc) is 3.62. The number of nitrogens with zero attached hydrogens (tertiary/aromatic N) is 2. The summed E-state index contributed by atoms with van der Waals surface area (Å²) in [5.41, 5.74) is -0.377. The predicted molar refractivity (Wildman–Crippen MR) is 118 cm³/mol. The monoisotopic (exact) mass is 457 g/mol. The molecular formula is C23H27N3O5S. The molecule has 2 aromatic rings. The maximum atomic E-state index is 13.3. The summed E-state index contributed by atoms with van der Waals surface area (Å²) in [6, 6.07) is 15.4. The lowest BCUT2D eigenvalue weighted by atomic mass is 9.95. The van der Waals surface area contributed by atoms with E-state index in [1.54, 1.807) is 24.0 Å². The minimum absolute atomic E-state index is 0.0270. The van der Waals surface area contributed by atoms with Gasteiger partial charge >= 0.3 is 0 Å². The number of methoxy groups -OCH3 is 1. The second kappa shape index (κ2) is 8.55. The lowest BCUT2D eigenvalue weighted by molar-refractivity contribution is -0.153. The minimum Gasteiger partial charge on any atom is -0.497 e. The zero-order chi connectivity index (χ0) is 22.9. The SMILES string of the molecule is COc1ccc(S(=O)(=O)N2CC(=O)N(C3CC3)C(C)(C(=O)NCc3ccccc3)C2)cc1. The molecule has 32 heavy (non-hydrogen) atoms. The Hall–Kier alpha value is -2.91. The standard InChI is InChI=1S/C23H27N3O5S/c1-23(22(28)24-14-17-6-4-3-5-7-17)16-25(15-21(27)26(23)18-8-9-18)32(29,30)20-12-10-19(31-2)11-13-20/h3-7,10-13,18H,8-9,14-16H2,1-2H3,(H,24,28). The van der Waals surface area contributed by atoms with Crippen LogP contribution in [-0.2, 0) is 26.2 Å². The van der Waals surface area contributed by atoms with E-state index in [4.69, 9.17) is 4.74 Å². The van der Waals surface area contributed by atoms with Crippen molar-refractivity contribution >= 4 is 21.8 Å². The van der Waals surface area contributed by atoms with Crippen LogP contribution >= 0.6 is 0 Å². The van der Waals surface area contributed by atoms with Crippen LogP contribution in [0.25, 0.3) is 0 Å². The molecule has 4 rings (SSSR count). The Bertz CT molecular complexity index is 1100. The Morgan fingerprint density at radius 3 is 2.38 bits per heavy atom. The summed E-state index contributed by atoms with van der Waals surface area (Å²) in [5, 5.41) is 2.90. The minimum atomic E-state index is -3.97. The highest BCUT2D eigenvalue weighted by atomic mass is 32.2. The van der Waals surface area contributed by atoms with Crippen molar-refractivity contribution in [3.05, 3.63) is 60.2 Å². The summed E-state index contributed by atoms with van der Waals surface area (Å²) in [5.74, 6) is -0.187. The van der Waals surface area contributed by atoms with Crippen molar-refractivity contribution in [3.8, 4) is 5.75 Å². The molecule has 2 aromatic carbocycles. The maximum Gasteiger partial charge on any atom is 0.247 e. The number of benzene rings is 2. The summed E-state index contributed by atoms with van der Waals surface area (Å²) in [4.78, 5) is 28.1. The quantitative estimate of drug-likeness (QED) is 0.684. The molecule has 1 aliphatic heterocycles. The Morgan fingerprint density at radius 2 is 1.78 bits per heavy atom. The summed E-state index contributed by atoms with van der Waals surface area (Å²) >= 11 is 0. The van der Waals surface area contributed by atoms with Crippen molar-refractivity contribution in [1.82, 2.24) is 14.5 Å². The van der Waals surface area contributed by atoms with Crippen LogP contribution in [0.2, 0.25) is 0 Å². The zero-order valence-corrected chi connectivity index (χ0v) is 19.0. The predicted octanol–water partition coefficient (Wildman–Crippen LogP) is 1.77. The highest BCUT2D eigenvalue weighted by molar-refractivity contribution is 7.89. The first-order chi connectivity index (χ1) is 15.3. The number of nitrogens with one attached hydrogen (secondary N) is 1. The van der Waals surface area contributed by atoms with Gasteiger partial charge in [0.2, 0.25) is 21.8 Å². The average molecular weight is 458 g/mol. The Morgan fingerprint density at radius 1 is 1.12 bits per heavy atom. The van der Waals surface area contributed by atoms with Gasteiger partial charge in [0.05, 0.1) is 18.6 Å². The third kappa shape index (κ3) is 4.22. The third-order valence-corrected chi connectivity index (χ3v) is 7.80. The van der Waals surface area contributed by atoms with E-state index in [9.17, 15) is 18.0 Å². The van der Waals surface area contributed by atoms with Crippen molar-refractivity contribution in [2.75, 3.05) is 20.2 Å². The van der Waals surface area contributed by atoms with E-state index in [1.165, 1.54) is 19.2 Å². The second-order valence-corrected chi connectivity index (χ2v) is 10.3. The molecule has 1 N–H and O–H groups in total. The highest BCUT2D eigenvalue weighted by Gasteiger charge is 2.54. The fourth-order valence-electron chi connectivity index (χ4n) is 4.13. The largest absolute Gasteiger partial charge is 0.497 e. The van der Waals surface area contributed by atoms with Gasteiger partial charge in [-0.25, -0.2) is 8.42 Å². The van der Waals surface area contributed by atoms with Crippen molar-refractivity contribution in [2.45, 2.75) is 42.8 Å². The summed E-state index contributed by atoms with van der Waals surface area (Å²) < 4.78 is 32.8. The van der Waals surface area contributed by atoms with E-state index in [1.807, 2.05) is 30.3 Å². The molecule has 8 nitrogen and oxygen atoms in total. The van der Waals surface area contributed by atoms with Gasteiger partial charge in [-0.2, -0.15) is 4.31 Å². The van der Waals surface area contributed by atoms with Gasteiger partial charge in [0, 0.05) is 19.1 Å². The van der Waals surface area contributed by atoms with Crippen molar-refractivity contribution in [3.63, 3.8) is 0 Å².